The Labute approximate surface area is 130 Å². The van der Waals surface area contributed by atoms with Crippen molar-refractivity contribution in [2.45, 2.75) is 38.8 Å². The van der Waals surface area contributed by atoms with Crippen molar-refractivity contribution in [3.05, 3.63) is 35.4 Å². The van der Waals surface area contributed by atoms with Crippen molar-refractivity contribution in [3.63, 3.8) is 0 Å². The Morgan fingerprint density at radius 3 is 2.32 bits per heavy atom. The minimum absolute atomic E-state index is 0.248. The van der Waals surface area contributed by atoms with Crippen LogP contribution in [-0.4, -0.2) is 30.8 Å². The topological polar surface area (TPSA) is 88.4 Å². The lowest BCUT2D eigenvalue weighted by molar-refractivity contribution is -0.143. The zero-order valence-electron chi connectivity index (χ0n) is 13.2. The molecular formula is C16H20N2O4. The van der Waals surface area contributed by atoms with Crippen LogP contribution < -0.4 is 5.32 Å². The Kier molecular flexibility index (Phi) is 5.93. The first kappa shape index (κ1) is 17.5. The number of esters is 1. The second-order valence-electron chi connectivity index (χ2n) is 5.73. The van der Waals surface area contributed by atoms with E-state index < -0.39 is 23.7 Å². The van der Waals surface area contributed by atoms with Crippen molar-refractivity contribution in [1.29, 1.82) is 5.26 Å². The van der Waals surface area contributed by atoms with E-state index >= 15 is 0 Å². The standard InChI is InChI=1S/C16H20N2O4/c1-16(2,3)22-15(20)18-13(14(19)21-4)9-11-5-7-12(10-17)8-6-11/h5-8,13H,9H2,1-4H3,(H,18,20)/t13-/m0/s1/i10+1. The molecule has 1 amide bonds. The van der Waals surface area contributed by atoms with Gasteiger partial charge in [0.05, 0.1) is 18.7 Å². The number of nitriles is 1. The third kappa shape index (κ3) is 5.83. The first-order chi connectivity index (χ1) is 10.2. The number of benzene rings is 1. The van der Waals surface area contributed by atoms with Crippen LogP contribution in [0.3, 0.4) is 0 Å². The highest BCUT2D eigenvalue weighted by atomic mass is 16.6. The summed E-state index contributed by atoms with van der Waals surface area (Å²) in [6.07, 6.45) is -0.436. The highest BCUT2D eigenvalue weighted by molar-refractivity contribution is 5.81. The van der Waals surface area contributed by atoms with E-state index in [0.717, 1.165) is 5.56 Å². The van der Waals surface area contributed by atoms with Crippen molar-refractivity contribution < 1.29 is 19.1 Å². The van der Waals surface area contributed by atoms with E-state index in [-0.39, 0.29) is 6.42 Å². The highest BCUT2D eigenvalue weighted by Gasteiger charge is 2.25. The van der Waals surface area contributed by atoms with Gasteiger partial charge in [-0.25, -0.2) is 9.59 Å². The first-order valence-electron chi connectivity index (χ1n) is 6.81. The van der Waals surface area contributed by atoms with Gasteiger partial charge in [0.2, 0.25) is 0 Å². The number of amides is 1. The number of ether oxygens (including phenoxy) is 2. The molecule has 6 heteroatoms. The Bertz CT molecular complexity index is 567. The van der Waals surface area contributed by atoms with Crippen LogP contribution in [0.1, 0.15) is 31.9 Å². The Morgan fingerprint density at radius 2 is 1.86 bits per heavy atom. The van der Waals surface area contributed by atoms with Gasteiger partial charge < -0.3 is 14.8 Å². The minimum atomic E-state index is -0.854. The van der Waals surface area contributed by atoms with Gasteiger partial charge in [0.25, 0.3) is 0 Å². The number of nitrogens with zero attached hydrogens (tertiary/aromatic N) is 1. The normalized spacial score (nSPS) is 12.0. The predicted octanol–water partition coefficient (Wildman–Crippen LogP) is 2.17. The molecule has 0 fully saturated rings. The van der Waals surface area contributed by atoms with Crippen LogP contribution in [0.2, 0.25) is 0 Å². The van der Waals surface area contributed by atoms with Crippen LogP contribution in [-0.2, 0) is 20.7 Å². The van der Waals surface area contributed by atoms with Gasteiger partial charge in [-0.1, -0.05) is 12.1 Å². The van der Waals surface area contributed by atoms with Crippen molar-refractivity contribution in [2.75, 3.05) is 7.11 Å². The van der Waals surface area contributed by atoms with Gasteiger partial charge in [-0.3, -0.25) is 0 Å². The van der Waals surface area contributed by atoms with Gasteiger partial charge in [-0.05, 0) is 38.5 Å². The molecule has 0 unspecified atom stereocenters. The van der Waals surface area contributed by atoms with Crippen LogP contribution in [0.5, 0.6) is 0 Å². The number of hydrogen-bond donors (Lipinski definition) is 1. The summed E-state index contributed by atoms with van der Waals surface area (Å²) in [5.41, 5.74) is 0.670. The van der Waals surface area contributed by atoms with Gasteiger partial charge >= 0.3 is 12.1 Å². The molecule has 0 spiro atoms. The molecule has 1 N–H and O–H groups in total. The molecule has 0 aliphatic heterocycles. The third-order valence-electron chi connectivity index (χ3n) is 2.70. The van der Waals surface area contributed by atoms with Crippen LogP contribution in [0, 0.1) is 11.3 Å². The fraction of sp³-hybridized carbons (Fsp3) is 0.438. The molecular weight excluding hydrogens is 285 g/mol. The van der Waals surface area contributed by atoms with Gasteiger partial charge in [0.15, 0.2) is 0 Å². The number of carbonyl (C=O) groups excluding carboxylic acids is 2. The Morgan fingerprint density at radius 1 is 1.27 bits per heavy atom. The van der Waals surface area contributed by atoms with E-state index in [9.17, 15) is 9.59 Å². The van der Waals surface area contributed by atoms with Crippen LogP contribution in [0.4, 0.5) is 4.79 Å². The molecule has 0 heterocycles. The molecule has 1 aromatic rings. The third-order valence-corrected chi connectivity index (χ3v) is 2.70. The lowest BCUT2D eigenvalue weighted by Gasteiger charge is -2.22. The molecule has 1 atom stereocenters. The SMILES string of the molecule is COC(=O)[C@H](Cc1ccc([13C]#N)cc1)NC(=O)OC(C)(C)C. The number of alkyl carbamates (subject to hydrolysis) is 1. The summed E-state index contributed by atoms with van der Waals surface area (Å²) in [5.74, 6) is -0.560. The predicted molar refractivity (Wildman–Crippen MR) is 80.0 cm³/mol. The van der Waals surface area contributed by atoms with Crippen molar-refractivity contribution in [2.24, 2.45) is 0 Å². The summed E-state index contributed by atoms with van der Waals surface area (Å²) in [7, 11) is 1.25. The lowest BCUT2D eigenvalue weighted by Crippen LogP contribution is -2.45. The first-order valence-corrected chi connectivity index (χ1v) is 6.81. The zero-order valence-corrected chi connectivity index (χ0v) is 13.2. The number of rotatable bonds is 4. The average molecular weight is 305 g/mol. The van der Waals surface area contributed by atoms with Crippen LogP contribution in [0.25, 0.3) is 0 Å². The molecule has 0 aliphatic carbocycles. The monoisotopic (exact) mass is 305 g/mol. The zero-order chi connectivity index (χ0) is 16.8. The summed E-state index contributed by atoms with van der Waals surface area (Å²) in [6.45, 7) is 5.21. The van der Waals surface area contributed by atoms with Crippen LogP contribution in [0.15, 0.2) is 24.3 Å². The van der Waals surface area contributed by atoms with E-state index in [1.807, 2.05) is 6.07 Å². The molecule has 0 bridgehead atoms. The highest BCUT2D eigenvalue weighted by Crippen LogP contribution is 2.10. The smallest absolute Gasteiger partial charge is 0.408 e. The molecule has 0 radical (unpaired) electrons. The van der Waals surface area contributed by atoms with E-state index in [1.165, 1.54) is 7.11 Å². The van der Waals surface area contributed by atoms with Gasteiger partial charge in [0.1, 0.15) is 11.6 Å². The van der Waals surface area contributed by atoms with E-state index in [2.05, 4.69) is 5.32 Å². The fourth-order valence-corrected chi connectivity index (χ4v) is 1.74. The summed E-state index contributed by atoms with van der Waals surface area (Å²) in [6, 6.07) is 7.92. The second-order valence-corrected chi connectivity index (χ2v) is 5.73. The molecule has 0 aromatic heterocycles. The number of hydrogen-bond acceptors (Lipinski definition) is 5. The maximum Gasteiger partial charge on any atom is 0.408 e. The lowest BCUT2D eigenvalue weighted by atomic mass is 10.1. The number of nitrogens with one attached hydrogen (secondary N) is 1. The second kappa shape index (κ2) is 7.46. The van der Waals surface area contributed by atoms with Gasteiger partial charge in [0, 0.05) is 6.42 Å². The quantitative estimate of drug-likeness (QED) is 0.680. The largest absolute Gasteiger partial charge is 0.467 e. The number of carbonyl (C=O) groups is 2. The Balaban J connectivity index is 2.78. The molecule has 0 aliphatic rings. The average Bonchev–Trinajstić information content (AvgIpc) is 2.44. The summed E-state index contributed by atoms with van der Waals surface area (Å²) in [4.78, 5) is 23.6. The van der Waals surface area contributed by atoms with Crippen molar-refractivity contribution in [3.8, 4) is 6.07 Å². The number of methoxy groups -OCH3 is 1. The van der Waals surface area contributed by atoms with E-state index in [4.69, 9.17) is 14.7 Å². The molecule has 118 valence electrons. The molecule has 1 aromatic carbocycles. The maximum absolute atomic E-state index is 11.8. The van der Waals surface area contributed by atoms with Crippen LogP contribution >= 0.6 is 0 Å². The van der Waals surface area contributed by atoms with E-state index in [0.29, 0.717) is 5.56 Å². The molecule has 0 saturated carbocycles. The van der Waals surface area contributed by atoms with E-state index in [1.54, 1.807) is 45.0 Å². The molecule has 22 heavy (non-hydrogen) atoms. The molecule has 0 saturated heterocycles. The molecule has 1 rings (SSSR count). The Hall–Kier alpha value is -2.55. The van der Waals surface area contributed by atoms with Crippen molar-refractivity contribution >= 4 is 12.1 Å². The molecule has 6 nitrogen and oxygen atoms in total. The summed E-state index contributed by atoms with van der Waals surface area (Å²) in [5, 5.41) is 11.3. The minimum Gasteiger partial charge on any atom is -0.467 e. The van der Waals surface area contributed by atoms with Gasteiger partial charge in [-0.2, -0.15) is 5.26 Å². The fourth-order valence-electron chi connectivity index (χ4n) is 1.74. The summed E-state index contributed by atoms with van der Waals surface area (Å²) >= 11 is 0. The summed E-state index contributed by atoms with van der Waals surface area (Å²) < 4.78 is 9.84. The maximum atomic E-state index is 11.8. The van der Waals surface area contributed by atoms with Crippen molar-refractivity contribution in [1.82, 2.24) is 5.32 Å². The van der Waals surface area contributed by atoms with Gasteiger partial charge in [-0.15, -0.1) is 0 Å².